The van der Waals surface area contributed by atoms with Gasteiger partial charge in [0.15, 0.2) is 0 Å². The van der Waals surface area contributed by atoms with Crippen molar-refractivity contribution in [1.82, 2.24) is 14.8 Å². The highest BCUT2D eigenvalue weighted by molar-refractivity contribution is 6.03. The van der Waals surface area contributed by atoms with Crippen molar-refractivity contribution in [3.05, 3.63) is 102 Å². The van der Waals surface area contributed by atoms with Crippen LogP contribution in [0.2, 0.25) is 0 Å². The summed E-state index contributed by atoms with van der Waals surface area (Å²) >= 11 is 0. The van der Waals surface area contributed by atoms with Gasteiger partial charge in [-0.2, -0.15) is 0 Å². The van der Waals surface area contributed by atoms with Crippen LogP contribution in [0.15, 0.2) is 85.2 Å². The molecule has 0 saturated carbocycles. The SMILES string of the molecule is O=C(Nc1ncn(Cc2ccc(F)cc2)n1)c1cccc(Oc2ccccc2)c1. The van der Waals surface area contributed by atoms with E-state index >= 15 is 0 Å². The molecule has 7 heteroatoms. The number of hydrogen-bond acceptors (Lipinski definition) is 4. The van der Waals surface area contributed by atoms with E-state index in [1.54, 1.807) is 41.1 Å². The lowest BCUT2D eigenvalue weighted by atomic mass is 10.2. The number of halogens is 1. The Balaban J connectivity index is 1.41. The van der Waals surface area contributed by atoms with Gasteiger partial charge in [-0.15, -0.1) is 5.10 Å². The van der Waals surface area contributed by atoms with Gasteiger partial charge < -0.3 is 4.74 Å². The van der Waals surface area contributed by atoms with Gasteiger partial charge in [0.05, 0.1) is 6.54 Å². The van der Waals surface area contributed by atoms with Crippen molar-refractivity contribution in [3.8, 4) is 11.5 Å². The van der Waals surface area contributed by atoms with E-state index < -0.39 is 0 Å². The molecular formula is C22H17FN4O2. The third-order valence-corrected chi connectivity index (χ3v) is 4.09. The highest BCUT2D eigenvalue weighted by atomic mass is 19.1. The van der Waals surface area contributed by atoms with Crippen molar-refractivity contribution in [2.75, 3.05) is 5.32 Å². The summed E-state index contributed by atoms with van der Waals surface area (Å²) in [6.07, 6.45) is 1.51. The Bertz CT molecular complexity index is 1110. The smallest absolute Gasteiger partial charge is 0.258 e. The van der Waals surface area contributed by atoms with Gasteiger partial charge >= 0.3 is 0 Å². The lowest BCUT2D eigenvalue weighted by Crippen LogP contribution is -2.13. The molecule has 4 aromatic rings. The molecule has 0 aliphatic carbocycles. The molecule has 0 unspecified atom stereocenters. The number of aromatic nitrogens is 3. The normalized spacial score (nSPS) is 10.5. The zero-order valence-electron chi connectivity index (χ0n) is 15.3. The van der Waals surface area contributed by atoms with Crippen molar-refractivity contribution in [2.45, 2.75) is 6.54 Å². The Hall–Kier alpha value is -4.00. The molecule has 0 aliphatic rings. The summed E-state index contributed by atoms with van der Waals surface area (Å²) in [5.74, 6) is 0.790. The van der Waals surface area contributed by atoms with E-state index in [-0.39, 0.29) is 17.7 Å². The van der Waals surface area contributed by atoms with Gasteiger partial charge in [-0.05, 0) is 48.0 Å². The quantitative estimate of drug-likeness (QED) is 0.528. The second-order valence-electron chi connectivity index (χ2n) is 6.29. The minimum atomic E-state index is -0.344. The van der Waals surface area contributed by atoms with Gasteiger partial charge in [0, 0.05) is 5.56 Å². The Kier molecular flexibility index (Phi) is 5.29. The number of nitrogens with one attached hydrogen (secondary N) is 1. The standard InChI is InChI=1S/C22H17FN4O2/c23-18-11-9-16(10-12-18)14-27-15-24-22(26-27)25-21(28)17-5-4-8-20(13-17)29-19-6-2-1-3-7-19/h1-13,15H,14H2,(H,25,26,28). The van der Waals surface area contributed by atoms with Crippen molar-refractivity contribution < 1.29 is 13.9 Å². The monoisotopic (exact) mass is 388 g/mol. The van der Waals surface area contributed by atoms with Crippen molar-refractivity contribution in [3.63, 3.8) is 0 Å². The van der Waals surface area contributed by atoms with E-state index in [4.69, 9.17) is 4.74 Å². The molecular weight excluding hydrogens is 371 g/mol. The first-order valence-corrected chi connectivity index (χ1v) is 8.94. The number of carbonyl (C=O) groups is 1. The molecule has 0 spiro atoms. The lowest BCUT2D eigenvalue weighted by molar-refractivity contribution is 0.102. The van der Waals surface area contributed by atoms with Gasteiger partial charge in [-0.1, -0.05) is 36.4 Å². The van der Waals surface area contributed by atoms with E-state index in [1.807, 2.05) is 30.3 Å². The molecule has 0 atom stereocenters. The zero-order chi connectivity index (χ0) is 20.1. The van der Waals surface area contributed by atoms with Crippen LogP contribution in [0.4, 0.5) is 10.3 Å². The number of hydrogen-bond donors (Lipinski definition) is 1. The number of benzene rings is 3. The fourth-order valence-corrected chi connectivity index (χ4v) is 2.70. The van der Waals surface area contributed by atoms with Crippen LogP contribution in [0.3, 0.4) is 0 Å². The number of amides is 1. The number of carbonyl (C=O) groups excluding carboxylic acids is 1. The van der Waals surface area contributed by atoms with Crippen LogP contribution in [0.25, 0.3) is 0 Å². The number of anilines is 1. The third kappa shape index (κ3) is 4.84. The van der Waals surface area contributed by atoms with Gasteiger partial charge in [-0.3, -0.25) is 10.1 Å². The first-order valence-electron chi connectivity index (χ1n) is 8.94. The van der Waals surface area contributed by atoms with Crippen molar-refractivity contribution in [1.29, 1.82) is 0 Å². The van der Waals surface area contributed by atoms with Crippen LogP contribution in [0.1, 0.15) is 15.9 Å². The van der Waals surface area contributed by atoms with Crippen LogP contribution in [0.5, 0.6) is 11.5 Å². The molecule has 4 rings (SSSR count). The van der Waals surface area contributed by atoms with E-state index in [1.165, 1.54) is 18.5 Å². The number of ether oxygens (including phenoxy) is 1. The van der Waals surface area contributed by atoms with Crippen LogP contribution >= 0.6 is 0 Å². The summed E-state index contributed by atoms with van der Waals surface area (Å²) < 4.78 is 20.3. The largest absolute Gasteiger partial charge is 0.457 e. The molecule has 6 nitrogen and oxygen atoms in total. The van der Waals surface area contributed by atoms with E-state index in [0.29, 0.717) is 23.6 Å². The predicted molar refractivity (Wildman–Crippen MR) is 106 cm³/mol. The minimum Gasteiger partial charge on any atom is -0.457 e. The first-order chi connectivity index (χ1) is 14.2. The summed E-state index contributed by atoms with van der Waals surface area (Å²) in [4.78, 5) is 16.6. The molecule has 0 bridgehead atoms. The molecule has 1 amide bonds. The number of rotatable bonds is 6. The van der Waals surface area contributed by atoms with Gasteiger partial charge in [0.1, 0.15) is 23.6 Å². The fraction of sp³-hybridized carbons (Fsp3) is 0.0455. The number of para-hydroxylation sites is 1. The Morgan fingerprint density at radius 3 is 2.52 bits per heavy atom. The molecule has 0 aliphatic heterocycles. The van der Waals surface area contributed by atoms with Crippen LogP contribution in [0, 0.1) is 5.82 Å². The van der Waals surface area contributed by atoms with Crippen molar-refractivity contribution in [2.24, 2.45) is 0 Å². The highest BCUT2D eigenvalue weighted by Gasteiger charge is 2.11. The number of nitrogens with zero attached hydrogens (tertiary/aromatic N) is 3. The average Bonchev–Trinajstić information content (AvgIpc) is 3.17. The predicted octanol–water partition coefficient (Wildman–Crippen LogP) is 4.51. The van der Waals surface area contributed by atoms with Gasteiger partial charge in [-0.25, -0.2) is 14.1 Å². The summed E-state index contributed by atoms with van der Waals surface area (Å²) in [5.41, 5.74) is 1.30. The summed E-state index contributed by atoms with van der Waals surface area (Å²) in [6, 6.07) is 22.3. The van der Waals surface area contributed by atoms with E-state index in [0.717, 1.165) is 5.56 Å². The molecule has 29 heavy (non-hydrogen) atoms. The van der Waals surface area contributed by atoms with Gasteiger partial charge in [0.2, 0.25) is 5.95 Å². The highest BCUT2D eigenvalue weighted by Crippen LogP contribution is 2.22. The maximum absolute atomic E-state index is 13.0. The van der Waals surface area contributed by atoms with Crippen molar-refractivity contribution >= 4 is 11.9 Å². The molecule has 0 radical (unpaired) electrons. The Morgan fingerprint density at radius 2 is 1.72 bits per heavy atom. The summed E-state index contributed by atoms with van der Waals surface area (Å²) in [5, 5.41) is 6.90. The summed E-state index contributed by atoms with van der Waals surface area (Å²) in [7, 11) is 0. The van der Waals surface area contributed by atoms with E-state index in [2.05, 4.69) is 15.4 Å². The van der Waals surface area contributed by atoms with Crippen LogP contribution in [-0.2, 0) is 6.54 Å². The fourth-order valence-electron chi connectivity index (χ4n) is 2.70. The topological polar surface area (TPSA) is 69.0 Å². The molecule has 1 heterocycles. The summed E-state index contributed by atoms with van der Waals surface area (Å²) in [6.45, 7) is 0.420. The molecule has 1 aromatic heterocycles. The van der Waals surface area contributed by atoms with E-state index in [9.17, 15) is 9.18 Å². The van der Waals surface area contributed by atoms with Gasteiger partial charge in [0.25, 0.3) is 5.91 Å². The lowest BCUT2D eigenvalue weighted by Gasteiger charge is -2.07. The molecule has 1 N–H and O–H groups in total. The average molecular weight is 388 g/mol. The maximum Gasteiger partial charge on any atom is 0.258 e. The minimum absolute atomic E-state index is 0.187. The first kappa shape index (κ1) is 18.4. The maximum atomic E-state index is 13.0. The molecule has 0 fully saturated rings. The zero-order valence-corrected chi connectivity index (χ0v) is 15.3. The Morgan fingerprint density at radius 1 is 0.966 bits per heavy atom. The molecule has 0 saturated heterocycles. The Labute approximate surface area is 166 Å². The third-order valence-electron chi connectivity index (χ3n) is 4.09. The second-order valence-corrected chi connectivity index (χ2v) is 6.29. The second kappa shape index (κ2) is 8.35. The van der Waals surface area contributed by atoms with Crippen LogP contribution < -0.4 is 10.1 Å². The van der Waals surface area contributed by atoms with Crippen LogP contribution in [-0.4, -0.2) is 20.7 Å². The molecule has 3 aromatic carbocycles. The molecule has 144 valence electrons.